The maximum atomic E-state index is 6.13. The molecule has 0 saturated carbocycles. The Morgan fingerprint density at radius 1 is 1.20 bits per heavy atom. The summed E-state index contributed by atoms with van der Waals surface area (Å²) >= 11 is 1.56. The zero-order chi connectivity index (χ0) is 14.4. The van der Waals surface area contributed by atoms with Crippen molar-refractivity contribution < 1.29 is 0 Å². The molecule has 1 heterocycles. The van der Waals surface area contributed by atoms with Gasteiger partial charge in [-0.3, -0.25) is 0 Å². The van der Waals surface area contributed by atoms with Gasteiger partial charge in [-0.1, -0.05) is 42.8 Å². The van der Waals surface area contributed by atoms with E-state index in [-0.39, 0.29) is 0 Å². The first-order valence-electron chi connectivity index (χ1n) is 6.79. The standard InChI is InChI=1S/C15H20N4S/c1-3-4-9-17-14-13(16)15(19-10-18-14)20-12-7-5-11(2)6-8-12/h5-8,10H,3-4,9,16H2,1-2H3,(H,17,18,19). The predicted molar refractivity (Wildman–Crippen MR) is 85.1 cm³/mol. The van der Waals surface area contributed by atoms with Crippen molar-refractivity contribution in [3.63, 3.8) is 0 Å². The normalized spacial score (nSPS) is 10.5. The van der Waals surface area contributed by atoms with Crippen molar-refractivity contribution in [2.45, 2.75) is 36.6 Å². The quantitative estimate of drug-likeness (QED) is 0.626. The maximum absolute atomic E-state index is 6.13. The molecule has 0 radical (unpaired) electrons. The summed E-state index contributed by atoms with van der Waals surface area (Å²) in [7, 11) is 0. The third-order valence-corrected chi connectivity index (χ3v) is 3.93. The van der Waals surface area contributed by atoms with Crippen LogP contribution in [0.15, 0.2) is 40.5 Å². The van der Waals surface area contributed by atoms with E-state index >= 15 is 0 Å². The van der Waals surface area contributed by atoms with Gasteiger partial charge in [0.15, 0.2) is 5.82 Å². The fourth-order valence-corrected chi connectivity index (χ4v) is 2.51. The molecule has 0 aliphatic rings. The van der Waals surface area contributed by atoms with Crippen molar-refractivity contribution in [2.75, 3.05) is 17.6 Å². The number of anilines is 2. The summed E-state index contributed by atoms with van der Waals surface area (Å²) in [4.78, 5) is 9.60. The average Bonchev–Trinajstić information content (AvgIpc) is 2.45. The first-order chi connectivity index (χ1) is 9.70. The van der Waals surface area contributed by atoms with Gasteiger partial charge in [0.05, 0.1) is 0 Å². The van der Waals surface area contributed by atoms with Gasteiger partial charge in [-0.2, -0.15) is 0 Å². The lowest BCUT2D eigenvalue weighted by molar-refractivity contribution is 0.829. The highest BCUT2D eigenvalue weighted by atomic mass is 32.2. The van der Waals surface area contributed by atoms with Gasteiger partial charge in [-0.15, -0.1) is 0 Å². The molecule has 0 amide bonds. The Morgan fingerprint density at radius 2 is 1.95 bits per heavy atom. The van der Waals surface area contributed by atoms with Crippen LogP contribution in [0.25, 0.3) is 0 Å². The summed E-state index contributed by atoms with van der Waals surface area (Å²) in [5.41, 5.74) is 8.00. The lowest BCUT2D eigenvalue weighted by Crippen LogP contribution is -2.07. The molecular weight excluding hydrogens is 268 g/mol. The van der Waals surface area contributed by atoms with Gasteiger partial charge in [-0.25, -0.2) is 9.97 Å². The number of aryl methyl sites for hydroxylation is 1. The second-order valence-corrected chi connectivity index (χ2v) is 5.70. The summed E-state index contributed by atoms with van der Waals surface area (Å²) in [5.74, 6) is 0.725. The van der Waals surface area contributed by atoms with Gasteiger partial charge < -0.3 is 11.1 Å². The van der Waals surface area contributed by atoms with Crippen LogP contribution in [-0.4, -0.2) is 16.5 Å². The van der Waals surface area contributed by atoms with Gasteiger partial charge in [0, 0.05) is 11.4 Å². The molecule has 5 heteroatoms. The minimum Gasteiger partial charge on any atom is -0.394 e. The van der Waals surface area contributed by atoms with Crippen LogP contribution in [0.5, 0.6) is 0 Å². The van der Waals surface area contributed by atoms with E-state index in [1.807, 2.05) is 0 Å². The summed E-state index contributed by atoms with van der Waals surface area (Å²) in [6.45, 7) is 5.11. The van der Waals surface area contributed by atoms with E-state index in [0.717, 1.165) is 35.1 Å². The van der Waals surface area contributed by atoms with Crippen LogP contribution in [0.1, 0.15) is 25.3 Å². The number of aromatic nitrogens is 2. The molecule has 4 nitrogen and oxygen atoms in total. The van der Waals surface area contributed by atoms with Crippen molar-refractivity contribution in [1.29, 1.82) is 0 Å². The second kappa shape index (κ2) is 7.14. The van der Waals surface area contributed by atoms with Gasteiger partial charge in [0.25, 0.3) is 0 Å². The zero-order valence-electron chi connectivity index (χ0n) is 11.9. The Morgan fingerprint density at radius 3 is 2.65 bits per heavy atom. The van der Waals surface area contributed by atoms with E-state index in [1.165, 1.54) is 5.56 Å². The lowest BCUT2D eigenvalue weighted by Gasteiger charge is -2.10. The number of hydrogen-bond acceptors (Lipinski definition) is 5. The van der Waals surface area contributed by atoms with E-state index in [0.29, 0.717) is 5.69 Å². The van der Waals surface area contributed by atoms with Crippen LogP contribution in [0.3, 0.4) is 0 Å². The number of benzene rings is 1. The first-order valence-corrected chi connectivity index (χ1v) is 7.61. The first kappa shape index (κ1) is 14.7. The van der Waals surface area contributed by atoms with Gasteiger partial charge in [0.1, 0.15) is 17.0 Å². The van der Waals surface area contributed by atoms with Crippen LogP contribution in [-0.2, 0) is 0 Å². The number of nitrogens with one attached hydrogen (secondary N) is 1. The Kier molecular flexibility index (Phi) is 5.24. The lowest BCUT2D eigenvalue weighted by atomic mass is 10.2. The SMILES string of the molecule is CCCCNc1ncnc(Sc2ccc(C)cc2)c1N. The van der Waals surface area contributed by atoms with Crippen LogP contribution in [0.4, 0.5) is 11.5 Å². The molecule has 1 aromatic heterocycles. The molecule has 2 aromatic rings. The van der Waals surface area contributed by atoms with E-state index in [4.69, 9.17) is 5.73 Å². The Hall–Kier alpha value is -1.75. The molecule has 0 aliphatic heterocycles. The summed E-state index contributed by atoms with van der Waals surface area (Å²) in [6.07, 6.45) is 3.80. The van der Waals surface area contributed by atoms with Crippen molar-refractivity contribution in [1.82, 2.24) is 9.97 Å². The summed E-state index contributed by atoms with van der Waals surface area (Å²) in [6, 6.07) is 8.32. The summed E-state index contributed by atoms with van der Waals surface area (Å²) in [5, 5.41) is 4.05. The fraction of sp³-hybridized carbons (Fsp3) is 0.333. The predicted octanol–water partition coefficient (Wildman–Crippen LogP) is 3.73. The third-order valence-electron chi connectivity index (χ3n) is 2.91. The smallest absolute Gasteiger partial charge is 0.153 e. The van der Waals surface area contributed by atoms with Gasteiger partial charge >= 0.3 is 0 Å². The number of unbranched alkanes of at least 4 members (excludes halogenated alkanes) is 1. The Balaban J connectivity index is 2.11. The second-order valence-electron chi connectivity index (χ2n) is 4.64. The molecule has 0 atom stereocenters. The Labute approximate surface area is 124 Å². The van der Waals surface area contributed by atoms with Gasteiger partial charge in [0.2, 0.25) is 0 Å². The number of nitrogen functional groups attached to an aromatic ring is 1. The average molecular weight is 288 g/mol. The minimum atomic E-state index is 0.620. The molecule has 20 heavy (non-hydrogen) atoms. The minimum absolute atomic E-state index is 0.620. The van der Waals surface area contributed by atoms with Gasteiger partial charge in [-0.05, 0) is 25.5 Å². The fourth-order valence-electron chi connectivity index (χ4n) is 1.70. The number of hydrogen-bond donors (Lipinski definition) is 2. The van der Waals surface area contributed by atoms with E-state index in [1.54, 1.807) is 18.1 Å². The van der Waals surface area contributed by atoms with Crippen LogP contribution in [0.2, 0.25) is 0 Å². The van der Waals surface area contributed by atoms with Crippen LogP contribution in [0, 0.1) is 6.92 Å². The topological polar surface area (TPSA) is 63.8 Å². The number of nitrogens with two attached hydrogens (primary N) is 1. The van der Waals surface area contributed by atoms with Crippen LogP contribution < -0.4 is 11.1 Å². The maximum Gasteiger partial charge on any atom is 0.153 e. The molecule has 106 valence electrons. The third kappa shape index (κ3) is 3.87. The molecule has 3 N–H and O–H groups in total. The van der Waals surface area contributed by atoms with Crippen molar-refractivity contribution >= 4 is 23.3 Å². The highest BCUT2D eigenvalue weighted by Crippen LogP contribution is 2.32. The van der Waals surface area contributed by atoms with Crippen LogP contribution >= 0.6 is 11.8 Å². The molecule has 0 bridgehead atoms. The van der Waals surface area contributed by atoms with Crippen molar-refractivity contribution in [2.24, 2.45) is 0 Å². The molecule has 0 unspecified atom stereocenters. The highest BCUT2D eigenvalue weighted by molar-refractivity contribution is 7.99. The summed E-state index contributed by atoms with van der Waals surface area (Å²) < 4.78 is 0. The molecule has 0 fully saturated rings. The molecule has 2 rings (SSSR count). The Bertz CT molecular complexity index is 554. The van der Waals surface area contributed by atoms with Crippen molar-refractivity contribution in [3.8, 4) is 0 Å². The number of nitrogens with zero attached hydrogens (tertiary/aromatic N) is 2. The molecule has 1 aromatic carbocycles. The zero-order valence-corrected chi connectivity index (χ0v) is 12.7. The van der Waals surface area contributed by atoms with E-state index in [2.05, 4.69) is 53.4 Å². The monoisotopic (exact) mass is 288 g/mol. The molecule has 0 aliphatic carbocycles. The number of rotatable bonds is 6. The van der Waals surface area contributed by atoms with E-state index in [9.17, 15) is 0 Å². The molecule has 0 saturated heterocycles. The van der Waals surface area contributed by atoms with Crippen molar-refractivity contribution in [3.05, 3.63) is 36.2 Å². The molecular formula is C15H20N4S. The van der Waals surface area contributed by atoms with E-state index < -0.39 is 0 Å². The highest BCUT2D eigenvalue weighted by Gasteiger charge is 2.09. The largest absolute Gasteiger partial charge is 0.394 e. The molecule has 0 spiro atoms.